The van der Waals surface area contributed by atoms with Gasteiger partial charge in [-0.15, -0.1) is 0 Å². The number of aliphatic hydroxyl groups is 2. The molecule has 0 unspecified atom stereocenters. The second kappa shape index (κ2) is 9.48. The van der Waals surface area contributed by atoms with Crippen molar-refractivity contribution in [3.8, 4) is 0 Å². The molecule has 136 valence electrons. The molecule has 0 spiro atoms. The molecular weight excluding hydrogens is 294 g/mol. The molecule has 0 aromatic rings. The van der Waals surface area contributed by atoms with Crippen LogP contribution in [0.15, 0.2) is 0 Å². The molecule has 1 saturated carbocycles. The van der Waals surface area contributed by atoms with E-state index in [9.17, 15) is 15.0 Å². The number of nitrogens with one attached hydrogen (secondary N) is 1. The Morgan fingerprint density at radius 1 is 1.13 bits per heavy atom. The third-order valence-electron chi connectivity index (χ3n) is 4.46. The Hall–Kier alpha value is -0.810. The molecule has 1 amide bonds. The lowest BCUT2D eigenvalue weighted by Crippen LogP contribution is -2.45. The molecule has 0 saturated heterocycles. The molecule has 3 atom stereocenters. The smallest absolute Gasteiger partial charge is 0.407 e. The van der Waals surface area contributed by atoms with E-state index in [1.54, 1.807) is 0 Å². The predicted octanol–water partition coefficient (Wildman–Crippen LogP) is 3.37. The average Bonchev–Trinajstić information content (AvgIpc) is 2.45. The standard InChI is InChI=1S/C18H35NO4/c1-5-14(20)11-15(21)12-16(13-9-7-6-8-10-13)19-17(22)23-18(2,3)4/h13-16,20-21H,5-12H2,1-4H3,(H,19,22)/t14-,15+,16-/m0/s1. The summed E-state index contributed by atoms with van der Waals surface area (Å²) in [6.07, 6.45) is 5.68. The normalized spacial score (nSPS) is 20.6. The van der Waals surface area contributed by atoms with Crippen LogP contribution in [0.4, 0.5) is 4.79 Å². The van der Waals surface area contributed by atoms with E-state index in [0.717, 1.165) is 12.8 Å². The van der Waals surface area contributed by atoms with Crippen LogP contribution in [0.1, 0.15) is 79.1 Å². The largest absolute Gasteiger partial charge is 0.444 e. The number of rotatable bonds is 7. The molecule has 0 bridgehead atoms. The molecule has 1 rings (SSSR count). The quantitative estimate of drug-likeness (QED) is 0.669. The number of alkyl carbamates (subject to hydrolysis) is 1. The molecule has 0 radical (unpaired) electrons. The van der Waals surface area contributed by atoms with E-state index >= 15 is 0 Å². The van der Waals surface area contributed by atoms with Gasteiger partial charge in [0.1, 0.15) is 5.60 Å². The maximum Gasteiger partial charge on any atom is 0.407 e. The SMILES string of the molecule is CC[C@H](O)C[C@@H](O)C[C@H](NC(=O)OC(C)(C)C)C1CCCCC1. The number of amides is 1. The minimum absolute atomic E-state index is 0.0933. The summed E-state index contributed by atoms with van der Waals surface area (Å²) in [7, 11) is 0. The monoisotopic (exact) mass is 329 g/mol. The van der Waals surface area contributed by atoms with E-state index < -0.39 is 23.9 Å². The van der Waals surface area contributed by atoms with E-state index in [4.69, 9.17) is 4.74 Å². The van der Waals surface area contributed by atoms with Gasteiger partial charge in [-0.1, -0.05) is 26.2 Å². The van der Waals surface area contributed by atoms with Gasteiger partial charge in [0.15, 0.2) is 0 Å². The van der Waals surface area contributed by atoms with Crippen molar-refractivity contribution in [1.29, 1.82) is 0 Å². The Kier molecular flexibility index (Phi) is 8.34. The lowest BCUT2D eigenvalue weighted by Gasteiger charge is -2.33. The van der Waals surface area contributed by atoms with Crippen molar-refractivity contribution in [3.63, 3.8) is 0 Å². The van der Waals surface area contributed by atoms with Gasteiger partial charge in [0.05, 0.1) is 12.2 Å². The summed E-state index contributed by atoms with van der Waals surface area (Å²) in [4.78, 5) is 12.1. The van der Waals surface area contributed by atoms with Crippen LogP contribution in [0.25, 0.3) is 0 Å². The molecule has 23 heavy (non-hydrogen) atoms. The minimum atomic E-state index is -0.605. The highest BCUT2D eigenvalue weighted by Gasteiger charge is 2.29. The van der Waals surface area contributed by atoms with E-state index in [1.807, 2.05) is 27.7 Å². The fourth-order valence-electron chi connectivity index (χ4n) is 3.23. The molecular formula is C18H35NO4. The van der Waals surface area contributed by atoms with E-state index in [-0.39, 0.29) is 6.04 Å². The molecule has 5 nitrogen and oxygen atoms in total. The van der Waals surface area contributed by atoms with Crippen LogP contribution in [0.5, 0.6) is 0 Å². The minimum Gasteiger partial charge on any atom is -0.444 e. The number of hydrogen-bond acceptors (Lipinski definition) is 4. The van der Waals surface area contributed by atoms with Crippen molar-refractivity contribution in [2.75, 3.05) is 0 Å². The molecule has 0 aliphatic heterocycles. The number of carbonyl (C=O) groups excluding carboxylic acids is 1. The van der Waals surface area contributed by atoms with Crippen LogP contribution in [0, 0.1) is 5.92 Å². The summed E-state index contributed by atoms with van der Waals surface area (Å²) >= 11 is 0. The average molecular weight is 329 g/mol. The summed E-state index contributed by atoms with van der Waals surface area (Å²) in [6.45, 7) is 7.42. The van der Waals surface area contributed by atoms with E-state index in [2.05, 4.69) is 5.32 Å². The first kappa shape index (κ1) is 20.2. The van der Waals surface area contributed by atoms with Crippen LogP contribution < -0.4 is 5.32 Å². The third-order valence-corrected chi connectivity index (χ3v) is 4.46. The van der Waals surface area contributed by atoms with Crippen molar-refractivity contribution in [2.45, 2.75) is 103 Å². The molecule has 1 fully saturated rings. The summed E-state index contributed by atoms with van der Waals surface area (Å²) in [5.41, 5.74) is -0.530. The third kappa shape index (κ3) is 8.56. The van der Waals surface area contributed by atoms with E-state index in [0.29, 0.717) is 25.2 Å². The molecule has 1 aliphatic rings. The van der Waals surface area contributed by atoms with Crippen LogP contribution in [0.2, 0.25) is 0 Å². The zero-order valence-corrected chi connectivity index (χ0v) is 15.2. The van der Waals surface area contributed by atoms with Crippen molar-refractivity contribution >= 4 is 6.09 Å². The van der Waals surface area contributed by atoms with Gasteiger partial charge in [-0.25, -0.2) is 4.79 Å². The first-order valence-corrected chi connectivity index (χ1v) is 9.07. The van der Waals surface area contributed by atoms with Crippen molar-refractivity contribution in [2.24, 2.45) is 5.92 Å². The molecule has 1 aliphatic carbocycles. The maximum atomic E-state index is 12.1. The predicted molar refractivity (Wildman–Crippen MR) is 91.3 cm³/mol. The van der Waals surface area contributed by atoms with Crippen LogP contribution in [-0.4, -0.2) is 40.2 Å². The summed E-state index contributed by atoms with van der Waals surface area (Å²) in [5.74, 6) is 0.379. The summed E-state index contributed by atoms with van der Waals surface area (Å²) in [5, 5.41) is 22.9. The number of ether oxygens (including phenoxy) is 1. The molecule has 0 aromatic heterocycles. The van der Waals surface area contributed by atoms with Crippen LogP contribution in [-0.2, 0) is 4.74 Å². The van der Waals surface area contributed by atoms with Crippen molar-refractivity contribution in [1.82, 2.24) is 5.32 Å². The molecule has 3 N–H and O–H groups in total. The van der Waals surface area contributed by atoms with Gasteiger partial charge in [-0.05, 0) is 58.8 Å². The van der Waals surface area contributed by atoms with Crippen molar-refractivity contribution in [3.05, 3.63) is 0 Å². The number of carbonyl (C=O) groups is 1. The van der Waals surface area contributed by atoms with Gasteiger partial charge in [-0.3, -0.25) is 0 Å². The van der Waals surface area contributed by atoms with Crippen molar-refractivity contribution < 1.29 is 19.7 Å². The highest BCUT2D eigenvalue weighted by Crippen LogP contribution is 2.29. The number of hydrogen-bond donors (Lipinski definition) is 3. The number of aliphatic hydroxyl groups excluding tert-OH is 2. The lowest BCUT2D eigenvalue weighted by molar-refractivity contribution is 0.0382. The van der Waals surface area contributed by atoms with E-state index in [1.165, 1.54) is 19.3 Å². The Morgan fingerprint density at radius 2 is 1.74 bits per heavy atom. The lowest BCUT2D eigenvalue weighted by atomic mass is 9.81. The van der Waals surface area contributed by atoms with Crippen LogP contribution >= 0.6 is 0 Å². The first-order chi connectivity index (χ1) is 10.7. The topological polar surface area (TPSA) is 78.8 Å². The Bertz CT molecular complexity index is 347. The van der Waals surface area contributed by atoms with Gasteiger partial charge in [0.25, 0.3) is 0 Å². The fraction of sp³-hybridized carbons (Fsp3) is 0.944. The molecule has 0 aromatic carbocycles. The maximum absolute atomic E-state index is 12.1. The van der Waals surface area contributed by atoms with Gasteiger partial charge in [0.2, 0.25) is 0 Å². The second-order valence-electron chi connectivity index (χ2n) is 7.84. The van der Waals surface area contributed by atoms with Gasteiger partial charge in [-0.2, -0.15) is 0 Å². The van der Waals surface area contributed by atoms with Gasteiger partial charge < -0.3 is 20.3 Å². The molecule has 0 heterocycles. The van der Waals surface area contributed by atoms with Gasteiger partial charge >= 0.3 is 6.09 Å². The highest BCUT2D eigenvalue weighted by atomic mass is 16.6. The Morgan fingerprint density at radius 3 is 2.26 bits per heavy atom. The zero-order valence-electron chi connectivity index (χ0n) is 15.2. The Balaban J connectivity index is 2.63. The van der Waals surface area contributed by atoms with Crippen LogP contribution in [0.3, 0.4) is 0 Å². The molecule has 5 heteroatoms. The summed E-state index contributed by atoms with van der Waals surface area (Å²) < 4.78 is 5.36. The van der Waals surface area contributed by atoms with Gasteiger partial charge in [0, 0.05) is 6.04 Å². The fourth-order valence-corrected chi connectivity index (χ4v) is 3.23. The Labute approximate surface area is 140 Å². The summed E-state index contributed by atoms with van der Waals surface area (Å²) in [6, 6.07) is -0.0933. The second-order valence-corrected chi connectivity index (χ2v) is 7.84. The zero-order chi connectivity index (χ0) is 17.5. The first-order valence-electron chi connectivity index (χ1n) is 9.07. The highest BCUT2D eigenvalue weighted by molar-refractivity contribution is 5.68.